The molecule has 14 rings (SSSR count). The van der Waals surface area contributed by atoms with Crippen LogP contribution >= 0.6 is 0 Å². The molecule has 0 saturated carbocycles. The fourth-order valence-corrected chi connectivity index (χ4v) is 12.8. The van der Waals surface area contributed by atoms with Gasteiger partial charge in [-0.1, -0.05) is 190 Å². The van der Waals surface area contributed by atoms with Crippen LogP contribution in [0.3, 0.4) is 0 Å². The van der Waals surface area contributed by atoms with Gasteiger partial charge < -0.3 is 21.2 Å². The van der Waals surface area contributed by atoms with Crippen molar-refractivity contribution in [1.82, 2.24) is 15.0 Å². The fraction of sp³-hybridized carbons (Fsp3) is 0.104. The minimum atomic E-state index is -2.86. The van der Waals surface area contributed by atoms with Gasteiger partial charge in [0.25, 0.3) is 0 Å². The summed E-state index contributed by atoms with van der Waals surface area (Å²) in [5.74, 6) is 2.76. The van der Waals surface area contributed by atoms with Crippen LogP contribution in [-0.2, 0) is 0 Å². The molecule has 418 valence electrons. The molecule has 0 unspecified atom stereocenters. The number of aryl methyl sites for hydroxylation is 2. The van der Waals surface area contributed by atoms with Gasteiger partial charge in [0.1, 0.15) is 33.8 Å². The molecule has 0 bridgehead atoms. The average Bonchev–Trinajstić information content (AvgIpc) is 2.12. The first-order chi connectivity index (χ1) is 42.1. The Morgan fingerprint density at radius 3 is 0.942 bits per heavy atom. The third kappa shape index (κ3) is 11.3. The highest BCUT2D eigenvalue weighted by Crippen LogP contribution is 2.48. The van der Waals surface area contributed by atoms with E-state index >= 15 is 0 Å². The second-order valence-electron chi connectivity index (χ2n) is 22.4. The first kappa shape index (κ1) is 55.2. The van der Waals surface area contributed by atoms with Crippen molar-refractivity contribution in [2.24, 2.45) is 0 Å². The van der Waals surface area contributed by atoms with Gasteiger partial charge in [-0.3, -0.25) is 15.0 Å². The molecule has 3 heterocycles. The quantitative estimate of drug-likeness (QED) is 0.0788. The fourth-order valence-electron chi connectivity index (χ4n) is 11.4. The van der Waals surface area contributed by atoms with Crippen LogP contribution in [0.5, 0.6) is 17.2 Å². The third-order valence-corrected chi connectivity index (χ3v) is 17.3. The second kappa shape index (κ2) is 24.3. The Morgan fingerprint density at radius 2 is 0.616 bits per heavy atom. The molecular formula is C77H64AlN5O3. The second-order valence-corrected chi connectivity index (χ2v) is 23.7. The smallest absolute Gasteiger partial charge is 0.576 e. The van der Waals surface area contributed by atoms with E-state index in [1.807, 2.05) is 91.0 Å². The molecule has 14 aromatic rings. The maximum atomic E-state index is 6.41. The van der Waals surface area contributed by atoms with Gasteiger partial charge in [-0.05, 0) is 155 Å². The summed E-state index contributed by atoms with van der Waals surface area (Å²) in [6.07, 6.45) is 5.24. The van der Waals surface area contributed by atoms with E-state index in [1.165, 1.54) is 65.9 Å². The number of benzene rings is 11. The van der Waals surface area contributed by atoms with Gasteiger partial charge in [-0.2, -0.15) is 0 Å². The Hall–Kier alpha value is -10.0. The summed E-state index contributed by atoms with van der Waals surface area (Å²) in [7, 11) is 0. The van der Waals surface area contributed by atoms with Crippen molar-refractivity contribution in [2.45, 2.75) is 53.4 Å². The summed E-state index contributed by atoms with van der Waals surface area (Å²) in [4.78, 5) is 18.4. The van der Waals surface area contributed by atoms with E-state index in [2.05, 4.69) is 224 Å². The summed E-state index contributed by atoms with van der Waals surface area (Å²) in [6.45, 7) is 13.3. The number of aromatic nitrogens is 3. The highest BCUT2D eigenvalue weighted by Gasteiger charge is 2.46. The topological polar surface area (TPSA) is 72.8 Å². The molecule has 86 heavy (non-hydrogen) atoms. The average molecular weight is 1130 g/mol. The van der Waals surface area contributed by atoms with Gasteiger partial charge in [-0.15, -0.1) is 0 Å². The molecule has 0 amide bonds. The van der Waals surface area contributed by atoms with E-state index in [0.717, 1.165) is 55.5 Å². The molecule has 3 aromatic heterocycles. The molecule has 11 aromatic carbocycles. The summed E-state index contributed by atoms with van der Waals surface area (Å²) < 4.78 is 19.2. The predicted octanol–water partition coefficient (Wildman–Crippen LogP) is 20.8. The van der Waals surface area contributed by atoms with Crippen LogP contribution in [-0.4, -0.2) is 30.1 Å². The number of para-hydroxylation sites is 3. The molecule has 0 aliphatic rings. The lowest BCUT2D eigenvalue weighted by atomic mass is 9.93. The first-order valence-electron chi connectivity index (χ1n) is 29.4. The van der Waals surface area contributed by atoms with Crippen molar-refractivity contribution in [3.63, 3.8) is 0 Å². The van der Waals surface area contributed by atoms with Gasteiger partial charge >= 0.3 is 15.1 Å². The molecule has 0 spiro atoms. The minimum Gasteiger partial charge on any atom is -0.576 e. The lowest BCUT2D eigenvalue weighted by molar-refractivity contribution is 0.311. The van der Waals surface area contributed by atoms with Crippen molar-refractivity contribution < 1.29 is 11.4 Å². The Bertz CT molecular complexity index is 4340. The number of fused-ring (bicyclic) bond motifs is 8. The molecule has 0 fully saturated rings. The Kier molecular flexibility index (Phi) is 15.6. The lowest BCUT2D eigenvalue weighted by Crippen LogP contribution is -2.37. The van der Waals surface area contributed by atoms with Crippen molar-refractivity contribution in [1.29, 1.82) is 0 Å². The Balaban J connectivity index is 0.000000174. The van der Waals surface area contributed by atoms with Crippen molar-refractivity contribution in [3.8, 4) is 17.2 Å². The van der Waals surface area contributed by atoms with Crippen molar-refractivity contribution in [2.75, 3.05) is 9.80 Å². The SMILES string of the molecule is Cc1ccc(N(c2ccc(C(C)C)cc2)c2cc3c4ccccc4c(N(c4ccc(C)cc4)c4ccc(C(C)C)cc4)cc3c3ccccc23)cc1.c1cnc2c([O][Al]([O]c3cccc4cccnc34)[O]c3cccc4cccnc34)cccc2c1. The van der Waals surface area contributed by atoms with Gasteiger partial charge in [0.05, 0.1) is 11.4 Å². The zero-order valence-corrected chi connectivity index (χ0v) is 50.3. The molecule has 0 N–H and O–H groups in total. The van der Waals surface area contributed by atoms with Gasteiger partial charge in [-0.25, -0.2) is 0 Å². The maximum absolute atomic E-state index is 6.41. The van der Waals surface area contributed by atoms with E-state index in [-0.39, 0.29) is 0 Å². The Morgan fingerprint density at radius 1 is 0.314 bits per heavy atom. The number of anilines is 6. The predicted molar refractivity (Wildman–Crippen MR) is 359 cm³/mol. The molecule has 0 radical (unpaired) electrons. The van der Waals surface area contributed by atoms with E-state index < -0.39 is 15.1 Å². The van der Waals surface area contributed by atoms with E-state index in [4.69, 9.17) is 11.4 Å². The molecule has 9 heteroatoms. The monoisotopic (exact) mass is 1130 g/mol. The van der Waals surface area contributed by atoms with E-state index in [9.17, 15) is 0 Å². The van der Waals surface area contributed by atoms with Crippen molar-refractivity contribution >= 4 is 114 Å². The van der Waals surface area contributed by atoms with Crippen LogP contribution in [0, 0.1) is 13.8 Å². The number of rotatable bonds is 14. The summed E-state index contributed by atoms with van der Waals surface area (Å²) in [5.41, 5.74) is 14.3. The molecule has 0 saturated heterocycles. The van der Waals surface area contributed by atoms with E-state index in [0.29, 0.717) is 29.1 Å². The van der Waals surface area contributed by atoms with Crippen LogP contribution in [0.4, 0.5) is 34.1 Å². The largest absolute Gasteiger partial charge is 1.20 e. The van der Waals surface area contributed by atoms with Gasteiger partial charge in [0.15, 0.2) is 0 Å². The normalized spacial score (nSPS) is 11.3. The zero-order valence-electron chi connectivity index (χ0n) is 49.1. The summed E-state index contributed by atoms with van der Waals surface area (Å²) >= 11 is -2.86. The first-order valence-corrected chi connectivity index (χ1v) is 30.9. The molecular weight excluding hydrogens is 1070 g/mol. The maximum Gasteiger partial charge on any atom is 1.20 e. The van der Waals surface area contributed by atoms with Crippen LogP contribution in [0.15, 0.2) is 267 Å². The molecule has 0 aliphatic carbocycles. The molecule has 0 aliphatic heterocycles. The van der Waals surface area contributed by atoms with E-state index in [1.54, 1.807) is 18.6 Å². The van der Waals surface area contributed by atoms with Gasteiger partial charge in [0.2, 0.25) is 0 Å². The lowest BCUT2D eigenvalue weighted by Gasteiger charge is -2.30. The molecule has 0 atom stereocenters. The highest BCUT2D eigenvalue weighted by atomic mass is 27.3. The standard InChI is InChI=1S/C50H46N2.3C9H7NO.Al/c1-33(2)37-19-27-41(28-20-37)51(39-23-15-35(5)16-24-39)49-31-47-44-12-8-10-14-46(44)50(32-48(47)43-11-7-9-13-45(43)49)52(40-25-17-36(6)18-26-40)42-29-21-38(22-30-42)34(3)4;3*11-8-5-1-3-7-4-2-6-10-9(7)8;/h7-34H,1-6H3;3*1-6,11H;/q;;;;+3/p-3. The number of nitrogens with zero attached hydrogens (tertiary/aromatic N) is 5. The number of hydrogen-bond donors (Lipinski definition) is 0. The van der Waals surface area contributed by atoms with Crippen LogP contribution in [0.1, 0.15) is 61.8 Å². The zero-order chi connectivity index (χ0) is 58.7. The Labute approximate surface area is 507 Å². The van der Waals surface area contributed by atoms with Crippen LogP contribution < -0.4 is 21.2 Å². The summed E-state index contributed by atoms with van der Waals surface area (Å²) in [5, 5.41) is 10.3. The summed E-state index contributed by atoms with van der Waals surface area (Å²) in [6, 6.07) is 87.9. The number of pyridine rings is 3. The van der Waals surface area contributed by atoms with Crippen LogP contribution in [0.2, 0.25) is 0 Å². The van der Waals surface area contributed by atoms with Crippen LogP contribution in [0.25, 0.3) is 65.0 Å². The van der Waals surface area contributed by atoms with Gasteiger partial charge in [0, 0.05) is 68.3 Å². The molecule has 8 nitrogen and oxygen atoms in total. The highest BCUT2D eigenvalue weighted by molar-refractivity contribution is 6.40. The number of hydrogen-bond acceptors (Lipinski definition) is 8. The van der Waals surface area contributed by atoms with Crippen molar-refractivity contribution in [3.05, 3.63) is 290 Å². The minimum absolute atomic E-state index is 0.469. The third-order valence-electron chi connectivity index (χ3n) is 16.0.